The molecule has 0 bridgehead atoms. The quantitative estimate of drug-likeness (QED) is 0.144. The van der Waals surface area contributed by atoms with Crippen molar-refractivity contribution in [3.05, 3.63) is 65.0 Å². The van der Waals surface area contributed by atoms with E-state index < -0.39 is 17.8 Å². The van der Waals surface area contributed by atoms with Crippen LogP contribution in [-0.2, 0) is 29.2 Å². The number of carbonyl (C=O) groups is 4. The van der Waals surface area contributed by atoms with Crippen LogP contribution < -0.4 is 16.4 Å². The Kier molecular flexibility index (Phi) is 8.93. The number of amides is 3. The number of unbranched alkanes of at least 4 members (excludes halogenated alkanes) is 1. The van der Waals surface area contributed by atoms with E-state index in [0.717, 1.165) is 27.8 Å². The van der Waals surface area contributed by atoms with Crippen LogP contribution in [0.5, 0.6) is 0 Å². The molecule has 5 N–H and O–H groups in total. The van der Waals surface area contributed by atoms with Crippen LogP contribution in [0.25, 0.3) is 22.1 Å². The number of carbonyl (C=O) groups excluding carboxylic acids is 3. The van der Waals surface area contributed by atoms with Crippen molar-refractivity contribution in [1.29, 1.82) is 0 Å². The third-order valence-electron chi connectivity index (χ3n) is 7.49. The molecular weight excluding hydrogens is 578 g/mol. The zero-order chi connectivity index (χ0) is 32.2. The summed E-state index contributed by atoms with van der Waals surface area (Å²) in [5, 5.41) is 19.0. The Hall–Kier alpha value is -5.53. The SMILES string of the molecule is CCn1nc(C)cc1C(=O)Nc1nc2cc(C(N)=O)ccc2n1CCCCn1c(NC(=O)CCC(=O)O)nc2cccc(C)c21. The van der Waals surface area contributed by atoms with Crippen LogP contribution in [0, 0.1) is 13.8 Å². The molecule has 2 aromatic carbocycles. The van der Waals surface area contributed by atoms with E-state index in [4.69, 9.17) is 10.8 Å². The van der Waals surface area contributed by atoms with Crippen LogP contribution in [0.1, 0.15) is 64.7 Å². The normalized spacial score (nSPS) is 11.3. The highest BCUT2D eigenvalue weighted by atomic mass is 16.4. The summed E-state index contributed by atoms with van der Waals surface area (Å²) in [7, 11) is 0. The van der Waals surface area contributed by atoms with E-state index in [9.17, 15) is 19.2 Å². The van der Waals surface area contributed by atoms with E-state index in [2.05, 4.69) is 25.7 Å². The monoisotopic (exact) mass is 613 g/mol. The number of para-hydroxylation sites is 1. The van der Waals surface area contributed by atoms with Gasteiger partial charge in [-0.1, -0.05) is 12.1 Å². The van der Waals surface area contributed by atoms with Gasteiger partial charge in [-0.15, -0.1) is 0 Å². The van der Waals surface area contributed by atoms with Crippen molar-refractivity contribution in [3.8, 4) is 0 Å². The molecule has 0 fully saturated rings. The standard InChI is InChI=1S/C31H35N9O5/c1-4-40-24(16-19(3)37-40)29(45)36-31-34-22-17-20(28(32)44)10-11-23(22)38(31)14-5-6-15-39-27-18(2)8-7-9-21(27)33-30(39)35-25(41)12-13-26(42)43/h7-11,16-17H,4-6,12-15H2,1-3H3,(H2,32,44)(H,42,43)(H,33,35,41)(H,34,36,45). The lowest BCUT2D eigenvalue weighted by Gasteiger charge is -2.13. The first kappa shape index (κ1) is 30.9. The molecule has 0 aliphatic carbocycles. The molecule has 0 aliphatic heterocycles. The number of fused-ring (bicyclic) bond motifs is 2. The van der Waals surface area contributed by atoms with E-state index in [-0.39, 0.29) is 18.7 Å². The summed E-state index contributed by atoms with van der Waals surface area (Å²) in [6, 6.07) is 12.4. The molecule has 3 aromatic heterocycles. The minimum Gasteiger partial charge on any atom is -0.481 e. The van der Waals surface area contributed by atoms with Gasteiger partial charge in [-0.25, -0.2) is 9.97 Å². The summed E-state index contributed by atoms with van der Waals surface area (Å²) in [5.41, 5.74) is 10.8. The molecular formula is C31H35N9O5. The Bertz CT molecular complexity index is 1930. The van der Waals surface area contributed by atoms with Gasteiger partial charge in [0.2, 0.25) is 23.7 Å². The number of hydrogen-bond donors (Lipinski definition) is 4. The van der Waals surface area contributed by atoms with E-state index in [1.165, 1.54) is 0 Å². The molecule has 45 heavy (non-hydrogen) atoms. The molecule has 5 rings (SSSR count). The predicted molar refractivity (Wildman–Crippen MR) is 168 cm³/mol. The molecule has 234 valence electrons. The lowest BCUT2D eigenvalue weighted by Crippen LogP contribution is -2.20. The molecule has 0 saturated carbocycles. The maximum absolute atomic E-state index is 13.3. The average molecular weight is 614 g/mol. The number of nitrogens with two attached hydrogens (primary N) is 1. The number of aryl methyl sites for hydroxylation is 5. The summed E-state index contributed by atoms with van der Waals surface area (Å²) in [6.07, 6.45) is 0.905. The molecule has 0 unspecified atom stereocenters. The zero-order valence-electron chi connectivity index (χ0n) is 25.3. The third-order valence-corrected chi connectivity index (χ3v) is 7.49. The highest BCUT2D eigenvalue weighted by Gasteiger charge is 2.20. The Balaban J connectivity index is 1.38. The van der Waals surface area contributed by atoms with Crippen molar-refractivity contribution in [3.63, 3.8) is 0 Å². The van der Waals surface area contributed by atoms with Gasteiger partial charge in [-0.2, -0.15) is 5.10 Å². The molecule has 0 aliphatic rings. The summed E-state index contributed by atoms with van der Waals surface area (Å²) in [6.45, 7) is 7.23. The highest BCUT2D eigenvalue weighted by Crippen LogP contribution is 2.26. The molecule has 14 nitrogen and oxygen atoms in total. The molecule has 14 heteroatoms. The Labute approximate surface area is 258 Å². The van der Waals surface area contributed by atoms with Gasteiger partial charge in [-0.05, 0) is 69.5 Å². The summed E-state index contributed by atoms with van der Waals surface area (Å²) < 4.78 is 5.45. The van der Waals surface area contributed by atoms with Crippen molar-refractivity contribution in [2.75, 3.05) is 10.6 Å². The number of anilines is 2. The average Bonchev–Trinajstić information content (AvgIpc) is 3.66. The first-order valence-corrected chi connectivity index (χ1v) is 14.7. The second kappa shape index (κ2) is 13.0. The highest BCUT2D eigenvalue weighted by molar-refractivity contribution is 6.03. The number of carboxylic acid groups (broad SMARTS) is 1. The van der Waals surface area contributed by atoms with Gasteiger partial charge >= 0.3 is 5.97 Å². The Morgan fingerprint density at radius 1 is 0.889 bits per heavy atom. The fraction of sp³-hybridized carbons (Fsp3) is 0.323. The topological polar surface area (TPSA) is 192 Å². The largest absolute Gasteiger partial charge is 0.481 e. The van der Waals surface area contributed by atoms with E-state index in [1.54, 1.807) is 28.9 Å². The van der Waals surface area contributed by atoms with Crippen molar-refractivity contribution in [1.82, 2.24) is 28.9 Å². The molecule has 0 atom stereocenters. The van der Waals surface area contributed by atoms with Crippen LogP contribution in [0.15, 0.2) is 42.5 Å². The van der Waals surface area contributed by atoms with Crippen molar-refractivity contribution < 1.29 is 24.3 Å². The zero-order valence-corrected chi connectivity index (χ0v) is 25.3. The minimum atomic E-state index is -1.05. The van der Waals surface area contributed by atoms with Crippen LogP contribution in [0.3, 0.4) is 0 Å². The lowest BCUT2D eigenvalue weighted by atomic mass is 10.2. The Morgan fingerprint density at radius 3 is 2.31 bits per heavy atom. The van der Waals surface area contributed by atoms with Crippen LogP contribution in [-0.4, -0.2) is 57.7 Å². The van der Waals surface area contributed by atoms with Gasteiger partial charge in [0.25, 0.3) is 5.91 Å². The van der Waals surface area contributed by atoms with Crippen molar-refractivity contribution >= 4 is 57.7 Å². The number of primary amides is 1. The summed E-state index contributed by atoms with van der Waals surface area (Å²) in [4.78, 5) is 57.7. The van der Waals surface area contributed by atoms with E-state index in [1.807, 2.05) is 48.1 Å². The van der Waals surface area contributed by atoms with Crippen LogP contribution >= 0.6 is 0 Å². The number of nitrogens with zero attached hydrogens (tertiary/aromatic N) is 6. The maximum atomic E-state index is 13.3. The van der Waals surface area contributed by atoms with Crippen molar-refractivity contribution in [2.45, 2.75) is 66.1 Å². The van der Waals surface area contributed by atoms with E-state index >= 15 is 0 Å². The summed E-state index contributed by atoms with van der Waals surface area (Å²) in [5.74, 6) is -1.72. The minimum absolute atomic E-state index is 0.157. The molecule has 3 heterocycles. The summed E-state index contributed by atoms with van der Waals surface area (Å²) >= 11 is 0. The fourth-order valence-electron chi connectivity index (χ4n) is 5.37. The lowest BCUT2D eigenvalue weighted by molar-refractivity contribution is -0.138. The first-order valence-electron chi connectivity index (χ1n) is 14.7. The van der Waals surface area contributed by atoms with Crippen LogP contribution in [0.2, 0.25) is 0 Å². The van der Waals surface area contributed by atoms with Crippen molar-refractivity contribution in [2.24, 2.45) is 5.73 Å². The molecule has 0 spiro atoms. The van der Waals surface area contributed by atoms with Gasteiger partial charge in [0.1, 0.15) is 5.69 Å². The smallest absolute Gasteiger partial charge is 0.303 e. The van der Waals surface area contributed by atoms with Gasteiger partial charge in [0.05, 0.1) is 34.2 Å². The van der Waals surface area contributed by atoms with Gasteiger partial charge in [-0.3, -0.25) is 34.5 Å². The molecule has 3 amide bonds. The number of rotatable bonds is 13. The number of imidazole rings is 2. The second-order valence-corrected chi connectivity index (χ2v) is 10.8. The van der Waals surface area contributed by atoms with Crippen LogP contribution in [0.4, 0.5) is 11.9 Å². The van der Waals surface area contributed by atoms with Gasteiger partial charge < -0.3 is 20.0 Å². The second-order valence-electron chi connectivity index (χ2n) is 10.8. The molecule has 0 saturated heterocycles. The number of nitrogens with one attached hydrogen (secondary N) is 2. The first-order chi connectivity index (χ1) is 21.5. The molecule has 5 aromatic rings. The van der Waals surface area contributed by atoms with E-state index in [0.29, 0.717) is 61.1 Å². The number of carboxylic acids is 1. The van der Waals surface area contributed by atoms with Gasteiger partial charge in [0, 0.05) is 31.6 Å². The number of aliphatic carboxylic acids is 1. The number of benzene rings is 2. The number of hydrogen-bond acceptors (Lipinski definition) is 7. The molecule has 0 radical (unpaired) electrons. The number of aromatic nitrogens is 6. The van der Waals surface area contributed by atoms with Gasteiger partial charge in [0.15, 0.2) is 0 Å². The maximum Gasteiger partial charge on any atom is 0.303 e. The fourth-order valence-corrected chi connectivity index (χ4v) is 5.37. The Morgan fingerprint density at radius 2 is 1.60 bits per heavy atom. The predicted octanol–water partition coefficient (Wildman–Crippen LogP) is 3.85. The third kappa shape index (κ3) is 6.69.